The number of carbonyl (C=O) groups excluding carboxylic acids is 1. The number of nitrogen functional groups attached to an aromatic ring is 1. The SMILES string of the molecule is Cc1nc(N2CCN(C(=O)c3cc([N+](=O)[O-])ccc3N)CC2)sc1C. The summed E-state index contributed by atoms with van der Waals surface area (Å²) in [7, 11) is 0. The number of nitrogens with zero attached hydrogens (tertiary/aromatic N) is 4. The molecular weight excluding hydrogens is 342 g/mol. The molecule has 0 bridgehead atoms. The molecule has 132 valence electrons. The summed E-state index contributed by atoms with van der Waals surface area (Å²) >= 11 is 1.65. The maximum atomic E-state index is 12.7. The molecular formula is C16H19N5O3S. The van der Waals surface area contributed by atoms with Crippen LogP contribution in [0.1, 0.15) is 20.9 Å². The van der Waals surface area contributed by atoms with Gasteiger partial charge in [-0.15, -0.1) is 11.3 Å². The Kier molecular flexibility index (Phi) is 4.58. The number of benzene rings is 1. The second-order valence-electron chi connectivity index (χ2n) is 5.95. The Hall–Kier alpha value is -2.68. The molecule has 25 heavy (non-hydrogen) atoms. The Balaban J connectivity index is 1.71. The molecule has 0 saturated carbocycles. The molecule has 1 aromatic heterocycles. The van der Waals surface area contributed by atoms with Crippen LogP contribution in [0.25, 0.3) is 0 Å². The molecule has 0 atom stereocenters. The Bertz CT molecular complexity index is 808. The van der Waals surface area contributed by atoms with Gasteiger partial charge in [-0.1, -0.05) is 0 Å². The van der Waals surface area contributed by atoms with Gasteiger partial charge in [-0.25, -0.2) is 4.98 Å². The molecule has 1 aliphatic heterocycles. The molecule has 8 nitrogen and oxygen atoms in total. The Morgan fingerprint density at radius 2 is 1.96 bits per heavy atom. The monoisotopic (exact) mass is 361 g/mol. The molecule has 1 amide bonds. The van der Waals surface area contributed by atoms with E-state index in [9.17, 15) is 14.9 Å². The van der Waals surface area contributed by atoms with Crippen molar-refractivity contribution in [2.75, 3.05) is 36.8 Å². The zero-order valence-electron chi connectivity index (χ0n) is 14.1. The van der Waals surface area contributed by atoms with E-state index in [0.29, 0.717) is 26.2 Å². The fraction of sp³-hybridized carbons (Fsp3) is 0.375. The van der Waals surface area contributed by atoms with E-state index in [1.54, 1.807) is 16.2 Å². The number of thiazole rings is 1. The average molecular weight is 361 g/mol. The fourth-order valence-corrected chi connectivity index (χ4v) is 3.67. The minimum Gasteiger partial charge on any atom is -0.398 e. The number of nitro groups is 1. The van der Waals surface area contributed by atoms with Crippen LogP contribution in [0.5, 0.6) is 0 Å². The molecule has 0 aliphatic carbocycles. The minimum atomic E-state index is -0.527. The van der Waals surface area contributed by atoms with E-state index in [4.69, 9.17) is 5.73 Å². The zero-order chi connectivity index (χ0) is 18.1. The number of amides is 1. The molecule has 1 saturated heterocycles. The summed E-state index contributed by atoms with van der Waals surface area (Å²) in [4.78, 5) is 32.7. The molecule has 0 spiro atoms. The maximum Gasteiger partial charge on any atom is 0.270 e. The van der Waals surface area contributed by atoms with Gasteiger partial charge < -0.3 is 15.5 Å². The normalized spacial score (nSPS) is 14.6. The second-order valence-corrected chi connectivity index (χ2v) is 7.13. The van der Waals surface area contributed by atoms with Gasteiger partial charge in [0.2, 0.25) is 0 Å². The average Bonchev–Trinajstić information content (AvgIpc) is 2.93. The second kappa shape index (κ2) is 6.67. The molecule has 2 heterocycles. The minimum absolute atomic E-state index is 0.134. The third kappa shape index (κ3) is 3.41. The summed E-state index contributed by atoms with van der Waals surface area (Å²) in [6, 6.07) is 3.96. The number of rotatable bonds is 3. The Morgan fingerprint density at radius 1 is 1.28 bits per heavy atom. The predicted molar refractivity (Wildman–Crippen MR) is 97.2 cm³/mol. The predicted octanol–water partition coefficient (Wildman–Crippen LogP) is 2.21. The van der Waals surface area contributed by atoms with Crippen LogP contribution in [-0.4, -0.2) is 46.9 Å². The van der Waals surface area contributed by atoms with Crippen LogP contribution in [0, 0.1) is 24.0 Å². The lowest BCUT2D eigenvalue weighted by Gasteiger charge is -2.34. The number of hydrogen-bond acceptors (Lipinski definition) is 7. The van der Waals surface area contributed by atoms with Crippen LogP contribution >= 0.6 is 11.3 Å². The lowest BCUT2D eigenvalue weighted by atomic mass is 10.1. The van der Waals surface area contributed by atoms with E-state index >= 15 is 0 Å². The van der Waals surface area contributed by atoms with Gasteiger partial charge >= 0.3 is 0 Å². The van der Waals surface area contributed by atoms with Crippen molar-refractivity contribution in [3.63, 3.8) is 0 Å². The molecule has 9 heteroatoms. The first-order valence-electron chi connectivity index (χ1n) is 7.89. The van der Waals surface area contributed by atoms with E-state index in [-0.39, 0.29) is 22.8 Å². The largest absolute Gasteiger partial charge is 0.398 e. The van der Waals surface area contributed by atoms with Crippen LogP contribution < -0.4 is 10.6 Å². The molecule has 0 radical (unpaired) electrons. The molecule has 2 N–H and O–H groups in total. The standard InChI is InChI=1S/C16H19N5O3S/c1-10-11(2)25-16(18-10)20-7-5-19(6-8-20)15(22)13-9-12(21(23)24)3-4-14(13)17/h3-4,9H,5-8,17H2,1-2H3. The number of anilines is 2. The van der Waals surface area contributed by atoms with E-state index in [2.05, 4.69) is 9.88 Å². The third-order valence-electron chi connectivity index (χ3n) is 4.33. The van der Waals surface area contributed by atoms with Crippen LogP contribution in [-0.2, 0) is 0 Å². The number of hydrogen-bond donors (Lipinski definition) is 1. The maximum absolute atomic E-state index is 12.7. The highest BCUT2D eigenvalue weighted by Gasteiger charge is 2.26. The Labute approximate surface area is 149 Å². The smallest absolute Gasteiger partial charge is 0.270 e. The highest BCUT2D eigenvalue weighted by Crippen LogP contribution is 2.27. The highest BCUT2D eigenvalue weighted by atomic mass is 32.1. The number of piperazine rings is 1. The van der Waals surface area contributed by atoms with Crippen molar-refractivity contribution >= 4 is 33.8 Å². The quantitative estimate of drug-likeness (QED) is 0.510. The van der Waals surface area contributed by atoms with Gasteiger partial charge in [0, 0.05) is 48.9 Å². The molecule has 1 fully saturated rings. The molecule has 1 aromatic carbocycles. The van der Waals surface area contributed by atoms with Gasteiger partial charge in [-0.2, -0.15) is 0 Å². The summed E-state index contributed by atoms with van der Waals surface area (Å²) in [6.45, 7) is 6.43. The molecule has 0 unspecified atom stereocenters. The van der Waals surface area contributed by atoms with Gasteiger partial charge in [-0.05, 0) is 19.9 Å². The summed E-state index contributed by atoms with van der Waals surface area (Å²) in [5.74, 6) is -0.271. The van der Waals surface area contributed by atoms with Crippen molar-refractivity contribution in [1.29, 1.82) is 0 Å². The van der Waals surface area contributed by atoms with Crippen molar-refractivity contribution < 1.29 is 9.72 Å². The number of nitro benzene ring substituents is 1. The van der Waals surface area contributed by atoms with Gasteiger partial charge in [0.15, 0.2) is 5.13 Å². The molecule has 2 aromatic rings. The fourth-order valence-electron chi connectivity index (χ4n) is 2.71. The topological polar surface area (TPSA) is 106 Å². The summed E-state index contributed by atoms with van der Waals surface area (Å²) in [5, 5.41) is 11.9. The summed E-state index contributed by atoms with van der Waals surface area (Å²) < 4.78 is 0. The first-order valence-corrected chi connectivity index (χ1v) is 8.70. The van der Waals surface area contributed by atoms with Gasteiger partial charge in [0.1, 0.15) is 0 Å². The van der Waals surface area contributed by atoms with Crippen LogP contribution in [0.15, 0.2) is 18.2 Å². The zero-order valence-corrected chi connectivity index (χ0v) is 14.9. The highest BCUT2D eigenvalue weighted by molar-refractivity contribution is 7.15. The lowest BCUT2D eigenvalue weighted by molar-refractivity contribution is -0.384. The summed E-state index contributed by atoms with van der Waals surface area (Å²) in [6.07, 6.45) is 0. The van der Waals surface area contributed by atoms with E-state index in [1.807, 2.05) is 13.8 Å². The lowest BCUT2D eigenvalue weighted by Crippen LogP contribution is -2.48. The molecule has 1 aliphatic rings. The van der Waals surface area contributed by atoms with E-state index in [1.165, 1.54) is 23.1 Å². The Morgan fingerprint density at radius 3 is 2.52 bits per heavy atom. The number of carbonyl (C=O) groups is 1. The number of aromatic nitrogens is 1. The first kappa shape index (κ1) is 17.2. The van der Waals surface area contributed by atoms with E-state index in [0.717, 1.165) is 10.8 Å². The number of aryl methyl sites for hydroxylation is 2. The van der Waals surface area contributed by atoms with Crippen molar-refractivity contribution in [3.05, 3.63) is 44.4 Å². The van der Waals surface area contributed by atoms with Crippen LogP contribution in [0.3, 0.4) is 0 Å². The van der Waals surface area contributed by atoms with Crippen molar-refractivity contribution in [3.8, 4) is 0 Å². The number of non-ortho nitro benzene ring substituents is 1. The van der Waals surface area contributed by atoms with Crippen LogP contribution in [0.2, 0.25) is 0 Å². The van der Waals surface area contributed by atoms with Crippen molar-refractivity contribution in [2.24, 2.45) is 0 Å². The summed E-state index contributed by atoms with van der Waals surface area (Å²) in [5.41, 5.74) is 7.18. The third-order valence-corrected chi connectivity index (χ3v) is 5.47. The van der Waals surface area contributed by atoms with Gasteiger partial charge in [0.25, 0.3) is 11.6 Å². The van der Waals surface area contributed by atoms with Crippen molar-refractivity contribution in [1.82, 2.24) is 9.88 Å². The van der Waals surface area contributed by atoms with Gasteiger partial charge in [0.05, 0.1) is 16.2 Å². The van der Waals surface area contributed by atoms with Crippen LogP contribution in [0.4, 0.5) is 16.5 Å². The molecule has 3 rings (SSSR count). The van der Waals surface area contributed by atoms with Gasteiger partial charge in [-0.3, -0.25) is 14.9 Å². The van der Waals surface area contributed by atoms with Crippen molar-refractivity contribution in [2.45, 2.75) is 13.8 Å². The number of nitrogens with two attached hydrogens (primary N) is 1. The van der Waals surface area contributed by atoms with E-state index < -0.39 is 4.92 Å². The first-order chi connectivity index (χ1) is 11.9.